The van der Waals surface area contributed by atoms with Gasteiger partial charge in [-0.15, -0.1) is 11.6 Å². The van der Waals surface area contributed by atoms with Crippen molar-refractivity contribution in [3.8, 4) is 0 Å². The zero-order valence-corrected chi connectivity index (χ0v) is 13.0. The van der Waals surface area contributed by atoms with E-state index in [0.717, 1.165) is 5.56 Å². The topological polar surface area (TPSA) is 43.4 Å². The Morgan fingerprint density at radius 3 is 2.30 bits per heavy atom. The molecule has 0 spiro atoms. The SMILES string of the molecule is COC(=O)CC(C)(C)c1ccc(C(=O)CCCCl)cc1. The molecule has 0 heterocycles. The summed E-state index contributed by atoms with van der Waals surface area (Å²) in [6.07, 6.45) is 1.47. The Morgan fingerprint density at radius 1 is 1.20 bits per heavy atom. The Bertz CT molecular complexity index is 463. The second-order valence-electron chi connectivity index (χ2n) is 5.43. The molecular formula is C16H21ClO3. The summed E-state index contributed by atoms with van der Waals surface area (Å²) in [5.74, 6) is 0.357. The Kier molecular flexibility index (Phi) is 6.21. The van der Waals surface area contributed by atoms with E-state index in [4.69, 9.17) is 16.3 Å². The van der Waals surface area contributed by atoms with E-state index >= 15 is 0 Å². The standard InChI is InChI=1S/C16H21ClO3/c1-16(2,11-15(19)20-3)13-8-6-12(7-9-13)14(18)5-4-10-17/h6-9H,4-5,10-11H2,1-3H3. The maximum atomic E-state index is 11.9. The van der Waals surface area contributed by atoms with Gasteiger partial charge in [0.1, 0.15) is 0 Å². The molecule has 0 bridgehead atoms. The van der Waals surface area contributed by atoms with Gasteiger partial charge in [0, 0.05) is 23.3 Å². The minimum absolute atomic E-state index is 0.1000. The highest BCUT2D eigenvalue weighted by atomic mass is 35.5. The molecule has 0 fully saturated rings. The molecule has 1 rings (SSSR count). The lowest BCUT2D eigenvalue weighted by molar-refractivity contribution is -0.141. The van der Waals surface area contributed by atoms with Crippen LogP contribution in [0.3, 0.4) is 0 Å². The van der Waals surface area contributed by atoms with Crippen molar-refractivity contribution in [2.24, 2.45) is 0 Å². The first-order chi connectivity index (χ1) is 9.40. The monoisotopic (exact) mass is 296 g/mol. The van der Waals surface area contributed by atoms with Gasteiger partial charge in [-0.2, -0.15) is 0 Å². The maximum absolute atomic E-state index is 11.9. The van der Waals surface area contributed by atoms with Crippen LogP contribution >= 0.6 is 11.6 Å². The highest BCUT2D eigenvalue weighted by Gasteiger charge is 2.24. The highest BCUT2D eigenvalue weighted by Crippen LogP contribution is 2.27. The van der Waals surface area contributed by atoms with Crippen LogP contribution in [0.4, 0.5) is 0 Å². The number of carbonyl (C=O) groups is 2. The quantitative estimate of drug-likeness (QED) is 0.437. The van der Waals surface area contributed by atoms with Gasteiger partial charge in [0.2, 0.25) is 0 Å². The normalized spacial score (nSPS) is 11.2. The Hall–Kier alpha value is -1.35. The van der Waals surface area contributed by atoms with Crippen molar-refractivity contribution in [1.29, 1.82) is 0 Å². The van der Waals surface area contributed by atoms with Gasteiger partial charge in [-0.3, -0.25) is 9.59 Å². The van der Waals surface area contributed by atoms with E-state index in [0.29, 0.717) is 30.7 Å². The van der Waals surface area contributed by atoms with Crippen LogP contribution in [-0.4, -0.2) is 24.7 Å². The summed E-state index contributed by atoms with van der Waals surface area (Å²) >= 11 is 5.58. The third-order valence-corrected chi connectivity index (χ3v) is 3.61. The van der Waals surface area contributed by atoms with Crippen LogP contribution in [0.1, 0.15) is 49.0 Å². The second kappa shape index (κ2) is 7.44. The van der Waals surface area contributed by atoms with Crippen LogP contribution in [-0.2, 0) is 14.9 Å². The predicted molar refractivity (Wildman–Crippen MR) is 80.4 cm³/mol. The maximum Gasteiger partial charge on any atom is 0.306 e. The van der Waals surface area contributed by atoms with Gasteiger partial charge < -0.3 is 4.74 Å². The molecule has 0 saturated heterocycles. The number of Topliss-reactive ketones (excluding diaryl/α,β-unsaturated/α-hetero) is 1. The minimum Gasteiger partial charge on any atom is -0.469 e. The van der Waals surface area contributed by atoms with Crippen molar-refractivity contribution in [1.82, 2.24) is 0 Å². The number of rotatable bonds is 7. The van der Waals surface area contributed by atoms with Crippen LogP contribution < -0.4 is 0 Å². The third-order valence-electron chi connectivity index (χ3n) is 3.34. The van der Waals surface area contributed by atoms with Crippen LogP contribution in [0, 0.1) is 0 Å². The third kappa shape index (κ3) is 4.64. The summed E-state index contributed by atoms with van der Waals surface area (Å²) in [5.41, 5.74) is 1.38. The van der Waals surface area contributed by atoms with Gasteiger partial charge in [-0.05, 0) is 12.0 Å². The average molecular weight is 297 g/mol. The molecule has 0 radical (unpaired) electrons. The molecule has 0 amide bonds. The lowest BCUT2D eigenvalue weighted by atomic mass is 9.81. The number of alkyl halides is 1. The van der Waals surface area contributed by atoms with Gasteiger partial charge >= 0.3 is 5.97 Å². The molecule has 1 aromatic carbocycles. The molecule has 4 heteroatoms. The van der Waals surface area contributed by atoms with Gasteiger partial charge in [-0.25, -0.2) is 0 Å². The minimum atomic E-state index is -0.315. The van der Waals surface area contributed by atoms with E-state index in [9.17, 15) is 9.59 Å². The number of hydrogen-bond donors (Lipinski definition) is 0. The van der Waals surface area contributed by atoms with Gasteiger partial charge in [0.05, 0.1) is 13.5 Å². The largest absolute Gasteiger partial charge is 0.469 e. The van der Waals surface area contributed by atoms with Crippen molar-refractivity contribution < 1.29 is 14.3 Å². The molecule has 0 aliphatic carbocycles. The van der Waals surface area contributed by atoms with E-state index < -0.39 is 0 Å². The van der Waals surface area contributed by atoms with Crippen LogP contribution in [0.2, 0.25) is 0 Å². The molecular weight excluding hydrogens is 276 g/mol. The number of ether oxygens (including phenoxy) is 1. The Morgan fingerprint density at radius 2 is 1.80 bits per heavy atom. The second-order valence-corrected chi connectivity index (χ2v) is 5.81. The van der Waals surface area contributed by atoms with Crippen LogP contribution in [0.15, 0.2) is 24.3 Å². The van der Waals surface area contributed by atoms with Crippen molar-refractivity contribution >= 4 is 23.4 Å². The van der Waals surface area contributed by atoms with E-state index in [1.54, 1.807) is 0 Å². The molecule has 20 heavy (non-hydrogen) atoms. The molecule has 0 aliphatic heterocycles. The number of halogens is 1. The van der Waals surface area contributed by atoms with Gasteiger partial charge in [0.25, 0.3) is 0 Å². The van der Waals surface area contributed by atoms with Gasteiger partial charge in [-0.1, -0.05) is 38.1 Å². The first-order valence-electron chi connectivity index (χ1n) is 6.67. The molecule has 3 nitrogen and oxygen atoms in total. The van der Waals surface area contributed by atoms with E-state index in [2.05, 4.69) is 0 Å². The first-order valence-corrected chi connectivity index (χ1v) is 7.20. The van der Waals surface area contributed by atoms with Crippen molar-refractivity contribution in [3.05, 3.63) is 35.4 Å². The fraction of sp³-hybridized carbons (Fsp3) is 0.500. The number of methoxy groups -OCH3 is 1. The Labute approximate surface area is 125 Å². The smallest absolute Gasteiger partial charge is 0.306 e. The van der Waals surface area contributed by atoms with E-state index in [1.807, 2.05) is 38.1 Å². The summed E-state index contributed by atoms with van der Waals surface area (Å²) in [7, 11) is 1.39. The number of esters is 1. The fourth-order valence-electron chi connectivity index (χ4n) is 2.01. The molecule has 0 atom stereocenters. The molecule has 1 aromatic rings. The molecule has 0 saturated carbocycles. The van der Waals surface area contributed by atoms with Crippen LogP contribution in [0.25, 0.3) is 0 Å². The molecule has 0 N–H and O–H groups in total. The predicted octanol–water partition coefficient (Wildman–Crippen LogP) is 3.73. The number of ketones is 1. The number of hydrogen-bond acceptors (Lipinski definition) is 3. The average Bonchev–Trinajstić information content (AvgIpc) is 2.44. The number of benzene rings is 1. The molecule has 0 aromatic heterocycles. The highest BCUT2D eigenvalue weighted by molar-refractivity contribution is 6.18. The fourth-order valence-corrected chi connectivity index (χ4v) is 2.15. The zero-order valence-electron chi connectivity index (χ0n) is 12.2. The van der Waals surface area contributed by atoms with Crippen LogP contribution in [0.5, 0.6) is 0 Å². The molecule has 0 unspecified atom stereocenters. The summed E-state index contributed by atoms with van der Waals surface area (Å²) in [5, 5.41) is 0. The van der Waals surface area contributed by atoms with E-state index in [1.165, 1.54) is 7.11 Å². The number of carbonyl (C=O) groups excluding carboxylic acids is 2. The zero-order chi connectivity index (χ0) is 15.2. The molecule has 110 valence electrons. The Balaban J connectivity index is 2.79. The first kappa shape index (κ1) is 16.7. The van der Waals surface area contributed by atoms with Crippen molar-refractivity contribution in [2.75, 3.05) is 13.0 Å². The van der Waals surface area contributed by atoms with E-state index in [-0.39, 0.29) is 17.2 Å². The van der Waals surface area contributed by atoms with Crippen molar-refractivity contribution in [2.45, 2.75) is 38.5 Å². The lowest BCUT2D eigenvalue weighted by Crippen LogP contribution is -2.22. The summed E-state index contributed by atoms with van der Waals surface area (Å²) in [6.45, 7) is 3.96. The summed E-state index contributed by atoms with van der Waals surface area (Å²) < 4.78 is 4.71. The summed E-state index contributed by atoms with van der Waals surface area (Å²) in [6, 6.07) is 7.42. The summed E-state index contributed by atoms with van der Waals surface area (Å²) in [4.78, 5) is 23.3. The molecule has 0 aliphatic rings. The lowest BCUT2D eigenvalue weighted by Gasteiger charge is -2.24. The van der Waals surface area contributed by atoms with Crippen molar-refractivity contribution in [3.63, 3.8) is 0 Å². The van der Waals surface area contributed by atoms with Gasteiger partial charge in [0.15, 0.2) is 5.78 Å².